The lowest BCUT2D eigenvalue weighted by Crippen LogP contribution is -2.41. The van der Waals surface area contributed by atoms with Crippen LogP contribution in [0.1, 0.15) is 30.9 Å². The minimum Gasteiger partial charge on any atom is -0.313 e. The third-order valence-electron chi connectivity index (χ3n) is 4.14. The van der Waals surface area contributed by atoms with Crippen molar-refractivity contribution in [2.45, 2.75) is 37.6 Å². The lowest BCUT2D eigenvalue weighted by molar-refractivity contribution is 0.358. The van der Waals surface area contributed by atoms with E-state index in [4.69, 9.17) is 0 Å². The number of nitrogens with one attached hydrogen (secondary N) is 1. The van der Waals surface area contributed by atoms with Gasteiger partial charge in [-0.25, -0.2) is 0 Å². The van der Waals surface area contributed by atoms with Gasteiger partial charge in [0, 0.05) is 11.5 Å². The molecule has 1 fully saturated rings. The minimum absolute atomic E-state index is 0.412. The van der Waals surface area contributed by atoms with E-state index in [-0.39, 0.29) is 0 Å². The summed E-state index contributed by atoms with van der Waals surface area (Å²) in [6, 6.07) is 9.71. The Hall–Kier alpha value is -0.820. The van der Waals surface area contributed by atoms with E-state index in [9.17, 15) is 0 Å². The van der Waals surface area contributed by atoms with E-state index in [1.165, 1.54) is 25.8 Å². The molecular weight excluding hydrogens is 170 g/mol. The first kappa shape index (κ1) is 8.49. The molecule has 14 heavy (non-hydrogen) atoms. The van der Waals surface area contributed by atoms with Crippen LogP contribution < -0.4 is 5.32 Å². The monoisotopic (exact) mass is 187 g/mol. The van der Waals surface area contributed by atoms with Crippen LogP contribution in [-0.2, 0) is 11.8 Å². The molecule has 1 saturated heterocycles. The van der Waals surface area contributed by atoms with Crippen molar-refractivity contribution in [1.29, 1.82) is 0 Å². The van der Waals surface area contributed by atoms with Crippen molar-refractivity contribution in [3.63, 3.8) is 0 Å². The summed E-state index contributed by atoms with van der Waals surface area (Å²) in [4.78, 5) is 0. The Labute approximate surface area is 85.5 Å². The highest BCUT2D eigenvalue weighted by Gasteiger charge is 2.43. The smallest absolute Gasteiger partial charge is 0.0165 e. The molecule has 74 valence electrons. The minimum atomic E-state index is 0.412. The molecular formula is C13H17N. The van der Waals surface area contributed by atoms with E-state index >= 15 is 0 Å². The highest BCUT2D eigenvalue weighted by Crippen LogP contribution is 2.42. The highest BCUT2D eigenvalue weighted by molar-refractivity contribution is 5.39. The van der Waals surface area contributed by atoms with E-state index in [0.29, 0.717) is 5.41 Å². The van der Waals surface area contributed by atoms with Gasteiger partial charge in [0.2, 0.25) is 0 Å². The molecule has 0 unspecified atom stereocenters. The molecule has 1 heterocycles. The highest BCUT2D eigenvalue weighted by atomic mass is 15.0. The zero-order valence-corrected chi connectivity index (χ0v) is 8.72. The van der Waals surface area contributed by atoms with Gasteiger partial charge in [0.15, 0.2) is 0 Å². The van der Waals surface area contributed by atoms with Crippen molar-refractivity contribution in [1.82, 2.24) is 5.32 Å². The molecule has 0 aromatic heterocycles. The van der Waals surface area contributed by atoms with Crippen molar-refractivity contribution in [3.8, 4) is 0 Å². The largest absolute Gasteiger partial charge is 0.313 e. The van der Waals surface area contributed by atoms with E-state index in [0.717, 1.165) is 6.04 Å². The van der Waals surface area contributed by atoms with Gasteiger partial charge in [-0.1, -0.05) is 31.2 Å². The Morgan fingerprint density at radius 3 is 3.14 bits per heavy atom. The Morgan fingerprint density at radius 2 is 2.21 bits per heavy atom. The first-order chi connectivity index (χ1) is 6.81. The van der Waals surface area contributed by atoms with Crippen molar-refractivity contribution in [3.05, 3.63) is 35.4 Å². The van der Waals surface area contributed by atoms with E-state index < -0.39 is 0 Å². The second-order valence-corrected chi connectivity index (χ2v) is 4.87. The van der Waals surface area contributed by atoms with Gasteiger partial charge in [-0.3, -0.25) is 0 Å². The molecule has 1 nitrogen and oxygen atoms in total. The van der Waals surface area contributed by atoms with Gasteiger partial charge in [-0.05, 0) is 36.9 Å². The molecule has 0 spiro atoms. The van der Waals surface area contributed by atoms with E-state index in [1.807, 2.05) is 0 Å². The van der Waals surface area contributed by atoms with Crippen LogP contribution in [-0.4, -0.2) is 12.6 Å². The SMILES string of the molecule is C[C@]12CCN[C@@H]1CCc1ccccc12. The first-order valence-electron chi connectivity index (χ1n) is 5.62. The van der Waals surface area contributed by atoms with E-state index in [2.05, 4.69) is 36.5 Å². The number of benzene rings is 1. The van der Waals surface area contributed by atoms with Crippen molar-refractivity contribution in [2.75, 3.05) is 6.54 Å². The molecule has 1 aromatic carbocycles. The zero-order valence-electron chi connectivity index (χ0n) is 8.72. The van der Waals surface area contributed by atoms with Crippen molar-refractivity contribution < 1.29 is 0 Å². The summed E-state index contributed by atoms with van der Waals surface area (Å²) >= 11 is 0. The summed E-state index contributed by atoms with van der Waals surface area (Å²) in [5.41, 5.74) is 3.59. The van der Waals surface area contributed by atoms with Crippen LogP contribution in [0.4, 0.5) is 0 Å². The van der Waals surface area contributed by atoms with Gasteiger partial charge in [0.1, 0.15) is 0 Å². The molecule has 1 aliphatic heterocycles. The normalized spacial score (nSPS) is 35.1. The molecule has 1 aliphatic carbocycles. The summed E-state index contributed by atoms with van der Waals surface area (Å²) in [7, 11) is 0. The Kier molecular flexibility index (Phi) is 1.72. The maximum atomic E-state index is 3.64. The Balaban J connectivity index is 2.15. The van der Waals surface area contributed by atoms with Crippen molar-refractivity contribution in [2.24, 2.45) is 0 Å². The fraction of sp³-hybridized carbons (Fsp3) is 0.538. The molecule has 0 amide bonds. The van der Waals surface area contributed by atoms with Gasteiger partial charge in [-0.15, -0.1) is 0 Å². The van der Waals surface area contributed by atoms with Crippen LogP contribution in [0.2, 0.25) is 0 Å². The van der Waals surface area contributed by atoms with Crippen LogP contribution >= 0.6 is 0 Å². The molecule has 0 radical (unpaired) electrons. The summed E-state index contributed by atoms with van der Waals surface area (Å²) in [6.07, 6.45) is 3.87. The fourth-order valence-corrected chi connectivity index (χ4v) is 3.24. The maximum absolute atomic E-state index is 3.64. The van der Waals surface area contributed by atoms with Gasteiger partial charge in [0.25, 0.3) is 0 Å². The summed E-state index contributed by atoms with van der Waals surface area (Å²) in [6.45, 7) is 3.62. The maximum Gasteiger partial charge on any atom is 0.0165 e. The molecule has 1 N–H and O–H groups in total. The summed E-state index contributed by atoms with van der Waals surface area (Å²) in [5, 5.41) is 3.64. The van der Waals surface area contributed by atoms with Gasteiger partial charge < -0.3 is 5.32 Å². The van der Waals surface area contributed by atoms with Gasteiger partial charge in [0.05, 0.1) is 0 Å². The molecule has 0 saturated carbocycles. The quantitative estimate of drug-likeness (QED) is 0.657. The molecule has 1 aromatic rings. The summed E-state index contributed by atoms with van der Waals surface area (Å²) in [5.74, 6) is 0. The fourth-order valence-electron chi connectivity index (χ4n) is 3.24. The molecule has 1 heteroatoms. The zero-order chi connectivity index (χ0) is 9.60. The number of hydrogen-bond donors (Lipinski definition) is 1. The summed E-state index contributed by atoms with van der Waals surface area (Å²) < 4.78 is 0. The van der Waals surface area contributed by atoms with Crippen LogP contribution in [0.25, 0.3) is 0 Å². The van der Waals surface area contributed by atoms with Crippen LogP contribution in [0.3, 0.4) is 0 Å². The van der Waals surface area contributed by atoms with Gasteiger partial charge >= 0.3 is 0 Å². The van der Waals surface area contributed by atoms with Gasteiger partial charge in [-0.2, -0.15) is 0 Å². The topological polar surface area (TPSA) is 12.0 Å². The van der Waals surface area contributed by atoms with Crippen LogP contribution in [0.5, 0.6) is 0 Å². The molecule has 2 aliphatic rings. The molecule has 2 atom stereocenters. The third-order valence-corrected chi connectivity index (χ3v) is 4.14. The standard InChI is InChI=1S/C13H17N/c1-13-8-9-14-12(13)7-6-10-4-2-3-5-11(10)13/h2-5,12,14H,6-9H2,1H3/t12-,13-/m1/s1. The van der Waals surface area contributed by atoms with Crippen molar-refractivity contribution >= 4 is 0 Å². The average molecular weight is 187 g/mol. The van der Waals surface area contributed by atoms with Crippen LogP contribution in [0.15, 0.2) is 24.3 Å². The number of hydrogen-bond acceptors (Lipinski definition) is 1. The average Bonchev–Trinajstić information content (AvgIpc) is 2.60. The number of aryl methyl sites for hydroxylation is 1. The predicted molar refractivity (Wildman–Crippen MR) is 58.5 cm³/mol. The first-order valence-corrected chi connectivity index (χ1v) is 5.62. The lowest BCUT2D eigenvalue weighted by Gasteiger charge is -2.37. The Morgan fingerprint density at radius 1 is 1.36 bits per heavy atom. The lowest BCUT2D eigenvalue weighted by atomic mass is 9.68. The molecule has 3 rings (SSSR count). The molecule has 0 bridgehead atoms. The predicted octanol–water partition coefficient (Wildman–Crippen LogP) is 2.25. The second-order valence-electron chi connectivity index (χ2n) is 4.87. The van der Waals surface area contributed by atoms with E-state index in [1.54, 1.807) is 11.1 Å². The number of rotatable bonds is 0. The third kappa shape index (κ3) is 0.992. The Bertz CT molecular complexity index is 358. The second kappa shape index (κ2) is 2.83. The van der Waals surface area contributed by atoms with Crippen LogP contribution in [0, 0.1) is 0 Å². The number of fused-ring (bicyclic) bond motifs is 3.